The Kier molecular flexibility index (Phi) is 5.15. The Labute approximate surface area is 142 Å². The SMILES string of the molecule is CN(C)CCOc1cc(C(=O)N2CCC[C@H]2c2ccco2)ccn1. The van der Waals surface area contributed by atoms with Crippen LogP contribution in [0.5, 0.6) is 5.88 Å². The number of pyridine rings is 1. The Balaban J connectivity index is 1.70. The van der Waals surface area contributed by atoms with Crippen LogP contribution in [0.3, 0.4) is 0 Å². The normalized spacial score (nSPS) is 17.5. The number of carbonyl (C=O) groups excluding carboxylic acids is 1. The van der Waals surface area contributed by atoms with Crippen molar-refractivity contribution < 1.29 is 13.9 Å². The number of likely N-dealkylation sites (tertiary alicyclic amines) is 1. The summed E-state index contributed by atoms with van der Waals surface area (Å²) in [7, 11) is 3.97. The van der Waals surface area contributed by atoms with Crippen LogP contribution >= 0.6 is 0 Å². The molecule has 0 radical (unpaired) electrons. The molecule has 1 aliphatic heterocycles. The minimum Gasteiger partial charge on any atom is -0.476 e. The number of hydrogen-bond donors (Lipinski definition) is 0. The van der Waals surface area contributed by atoms with Crippen molar-refractivity contribution in [3.8, 4) is 5.88 Å². The first-order valence-electron chi connectivity index (χ1n) is 8.23. The predicted molar refractivity (Wildman–Crippen MR) is 90.0 cm³/mol. The summed E-state index contributed by atoms with van der Waals surface area (Å²) >= 11 is 0. The van der Waals surface area contributed by atoms with Gasteiger partial charge in [-0.05, 0) is 45.1 Å². The van der Waals surface area contributed by atoms with Crippen molar-refractivity contribution >= 4 is 5.91 Å². The molecule has 3 rings (SSSR count). The van der Waals surface area contributed by atoms with E-state index < -0.39 is 0 Å². The standard InChI is InChI=1S/C18H23N3O3/c1-20(2)10-12-24-17-13-14(7-8-19-17)18(22)21-9-3-5-15(21)16-6-4-11-23-16/h4,6-8,11,13,15H,3,5,9-10,12H2,1-2H3/t15-/m0/s1. The van der Waals surface area contributed by atoms with Gasteiger partial charge in [-0.1, -0.05) is 0 Å². The van der Waals surface area contributed by atoms with Crippen LogP contribution < -0.4 is 4.74 Å². The van der Waals surface area contributed by atoms with E-state index in [1.807, 2.05) is 36.0 Å². The first kappa shape index (κ1) is 16.5. The molecule has 0 unspecified atom stereocenters. The first-order chi connectivity index (χ1) is 11.6. The summed E-state index contributed by atoms with van der Waals surface area (Å²) in [6.45, 7) is 2.08. The van der Waals surface area contributed by atoms with Crippen LogP contribution in [0.15, 0.2) is 41.1 Å². The molecule has 2 aromatic rings. The van der Waals surface area contributed by atoms with E-state index in [0.717, 1.165) is 31.7 Å². The third-order valence-electron chi connectivity index (χ3n) is 4.16. The smallest absolute Gasteiger partial charge is 0.254 e. The fourth-order valence-electron chi connectivity index (χ4n) is 2.91. The summed E-state index contributed by atoms with van der Waals surface area (Å²) < 4.78 is 11.1. The van der Waals surface area contributed by atoms with Crippen molar-refractivity contribution in [3.05, 3.63) is 48.0 Å². The number of rotatable bonds is 6. The maximum absolute atomic E-state index is 12.9. The van der Waals surface area contributed by atoms with Crippen LogP contribution in [0.25, 0.3) is 0 Å². The lowest BCUT2D eigenvalue weighted by atomic mass is 10.1. The van der Waals surface area contributed by atoms with Gasteiger partial charge in [0.15, 0.2) is 0 Å². The Hall–Kier alpha value is -2.34. The van der Waals surface area contributed by atoms with Gasteiger partial charge < -0.3 is 19.0 Å². The van der Waals surface area contributed by atoms with E-state index in [9.17, 15) is 4.79 Å². The van der Waals surface area contributed by atoms with Gasteiger partial charge in [-0.15, -0.1) is 0 Å². The van der Waals surface area contributed by atoms with E-state index in [4.69, 9.17) is 9.15 Å². The monoisotopic (exact) mass is 329 g/mol. The van der Waals surface area contributed by atoms with Crippen LogP contribution in [0.1, 0.15) is 35.0 Å². The fraction of sp³-hybridized carbons (Fsp3) is 0.444. The van der Waals surface area contributed by atoms with Gasteiger partial charge in [0.05, 0.1) is 12.3 Å². The highest BCUT2D eigenvalue weighted by atomic mass is 16.5. The summed E-state index contributed by atoms with van der Waals surface area (Å²) in [5.74, 6) is 1.32. The number of furan rings is 1. The molecule has 0 aliphatic carbocycles. The zero-order valence-corrected chi connectivity index (χ0v) is 14.1. The van der Waals surface area contributed by atoms with Gasteiger partial charge >= 0.3 is 0 Å². The molecule has 1 atom stereocenters. The molecule has 2 aromatic heterocycles. The van der Waals surface area contributed by atoms with E-state index in [1.165, 1.54) is 0 Å². The second-order valence-electron chi connectivity index (χ2n) is 6.21. The summed E-state index contributed by atoms with van der Waals surface area (Å²) in [6.07, 6.45) is 5.18. The largest absolute Gasteiger partial charge is 0.476 e. The van der Waals surface area contributed by atoms with Gasteiger partial charge in [-0.25, -0.2) is 4.98 Å². The molecule has 1 aliphatic rings. The topological polar surface area (TPSA) is 58.8 Å². The molecule has 1 amide bonds. The number of nitrogens with zero attached hydrogens (tertiary/aromatic N) is 3. The molecule has 0 saturated carbocycles. The summed E-state index contributed by atoms with van der Waals surface area (Å²) in [6, 6.07) is 7.26. The van der Waals surface area contributed by atoms with Gasteiger partial charge in [-0.3, -0.25) is 4.79 Å². The summed E-state index contributed by atoms with van der Waals surface area (Å²) in [5.41, 5.74) is 0.600. The first-order valence-corrected chi connectivity index (χ1v) is 8.23. The molecule has 1 saturated heterocycles. The van der Waals surface area contributed by atoms with Crippen LogP contribution in [0.2, 0.25) is 0 Å². The second-order valence-corrected chi connectivity index (χ2v) is 6.21. The van der Waals surface area contributed by atoms with Crippen LogP contribution in [-0.2, 0) is 0 Å². The molecule has 6 nitrogen and oxygen atoms in total. The van der Waals surface area contributed by atoms with Crippen LogP contribution in [0, 0.1) is 0 Å². The molecule has 24 heavy (non-hydrogen) atoms. The molecule has 3 heterocycles. The minimum absolute atomic E-state index is 0.00578. The van der Waals surface area contributed by atoms with Gasteiger partial charge in [-0.2, -0.15) is 0 Å². The molecule has 0 bridgehead atoms. The average Bonchev–Trinajstić information content (AvgIpc) is 3.25. The van der Waals surface area contributed by atoms with Crippen molar-refractivity contribution in [1.82, 2.24) is 14.8 Å². The van der Waals surface area contributed by atoms with Gasteiger partial charge in [0.25, 0.3) is 5.91 Å². The molecule has 1 fully saturated rings. The minimum atomic E-state index is -0.00578. The van der Waals surface area contributed by atoms with Crippen molar-refractivity contribution in [2.75, 3.05) is 33.8 Å². The molecule has 0 N–H and O–H groups in total. The number of amides is 1. The molecule has 0 spiro atoms. The molecular formula is C18H23N3O3. The van der Waals surface area contributed by atoms with Crippen LogP contribution in [0.4, 0.5) is 0 Å². The lowest BCUT2D eigenvalue weighted by Gasteiger charge is -2.23. The van der Waals surface area contributed by atoms with E-state index in [-0.39, 0.29) is 11.9 Å². The second kappa shape index (κ2) is 7.49. The average molecular weight is 329 g/mol. The van der Waals surface area contributed by atoms with Crippen molar-refractivity contribution in [2.45, 2.75) is 18.9 Å². The Morgan fingerprint density at radius 3 is 3.08 bits per heavy atom. The van der Waals surface area contributed by atoms with Crippen LogP contribution in [-0.4, -0.2) is 54.5 Å². The highest BCUT2D eigenvalue weighted by Crippen LogP contribution is 2.33. The lowest BCUT2D eigenvalue weighted by Crippen LogP contribution is -2.30. The maximum atomic E-state index is 12.9. The highest BCUT2D eigenvalue weighted by Gasteiger charge is 2.32. The van der Waals surface area contributed by atoms with E-state index in [1.54, 1.807) is 24.6 Å². The zero-order valence-electron chi connectivity index (χ0n) is 14.1. The Morgan fingerprint density at radius 2 is 2.33 bits per heavy atom. The summed E-state index contributed by atoms with van der Waals surface area (Å²) in [5, 5.41) is 0. The molecular weight excluding hydrogens is 306 g/mol. The Bertz CT molecular complexity index is 670. The highest BCUT2D eigenvalue weighted by molar-refractivity contribution is 5.94. The van der Waals surface area contributed by atoms with E-state index >= 15 is 0 Å². The molecule has 0 aromatic carbocycles. The third-order valence-corrected chi connectivity index (χ3v) is 4.16. The van der Waals surface area contributed by atoms with Gasteiger partial charge in [0.1, 0.15) is 12.4 Å². The fourth-order valence-corrected chi connectivity index (χ4v) is 2.91. The number of carbonyl (C=O) groups is 1. The number of hydrogen-bond acceptors (Lipinski definition) is 5. The van der Waals surface area contributed by atoms with Crippen molar-refractivity contribution in [3.63, 3.8) is 0 Å². The third kappa shape index (κ3) is 3.76. The lowest BCUT2D eigenvalue weighted by molar-refractivity contribution is 0.0719. The van der Waals surface area contributed by atoms with Crippen molar-refractivity contribution in [2.24, 2.45) is 0 Å². The number of ether oxygens (including phenoxy) is 1. The summed E-state index contributed by atoms with van der Waals surface area (Å²) in [4.78, 5) is 21.0. The molecule has 6 heteroatoms. The predicted octanol–water partition coefficient (Wildman–Crippen LogP) is 2.59. The Morgan fingerprint density at radius 1 is 1.46 bits per heavy atom. The van der Waals surface area contributed by atoms with E-state index in [2.05, 4.69) is 4.98 Å². The van der Waals surface area contributed by atoms with Gasteiger partial charge in [0, 0.05) is 30.9 Å². The quantitative estimate of drug-likeness (QED) is 0.815. The van der Waals surface area contributed by atoms with Crippen molar-refractivity contribution in [1.29, 1.82) is 0 Å². The number of aromatic nitrogens is 1. The number of likely N-dealkylation sites (N-methyl/N-ethyl adjacent to an activating group) is 1. The van der Waals surface area contributed by atoms with E-state index in [0.29, 0.717) is 18.1 Å². The molecule has 128 valence electrons. The zero-order chi connectivity index (χ0) is 16.9. The van der Waals surface area contributed by atoms with Gasteiger partial charge in [0.2, 0.25) is 5.88 Å². The maximum Gasteiger partial charge on any atom is 0.254 e.